The summed E-state index contributed by atoms with van der Waals surface area (Å²) in [5, 5.41) is 0. The highest BCUT2D eigenvalue weighted by Crippen LogP contribution is 2.17. The number of nitrogen functional groups attached to an aromatic ring is 1. The van der Waals surface area contributed by atoms with Gasteiger partial charge in [-0.2, -0.15) is 0 Å². The maximum absolute atomic E-state index is 5.72. The zero-order chi connectivity index (χ0) is 10.6. The number of nitrogens with two attached hydrogens (primary N) is 1. The first-order chi connectivity index (χ1) is 6.58. The van der Waals surface area contributed by atoms with Crippen LogP contribution in [-0.4, -0.2) is 6.10 Å². The third kappa shape index (κ3) is 3.69. The fourth-order valence-electron chi connectivity index (χ4n) is 1.49. The lowest BCUT2D eigenvalue weighted by Crippen LogP contribution is -2.14. The van der Waals surface area contributed by atoms with Gasteiger partial charge in [0.2, 0.25) is 0 Å². The van der Waals surface area contributed by atoms with Crippen molar-refractivity contribution in [2.45, 2.75) is 33.3 Å². The predicted molar refractivity (Wildman–Crippen MR) is 60.4 cm³/mol. The topological polar surface area (TPSA) is 35.2 Å². The third-order valence-electron chi connectivity index (χ3n) is 2.02. The monoisotopic (exact) mass is 193 g/mol. The van der Waals surface area contributed by atoms with Crippen LogP contribution in [0.3, 0.4) is 0 Å². The van der Waals surface area contributed by atoms with Crippen molar-refractivity contribution in [2.24, 2.45) is 5.92 Å². The van der Waals surface area contributed by atoms with Gasteiger partial charge in [-0.25, -0.2) is 0 Å². The summed E-state index contributed by atoms with van der Waals surface area (Å²) in [4.78, 5) is 0. The smallest absolute Gasteiger partial charge is 0.119 e. The summed E-state index contributed by atoms with van der Waals surface area (Å²) < 4.78 is 5.72. The minimum Gasteiger partial charge on any atom is -0.491 e. The van der Waals surface area contributed by atoms with E-state index in [1.807, 2.05) is 24.3 Å². The molecule has 0 saturated carbocycles. The van der Waals surface area contributed by atoms with Crippen LogP contribution in [0.5, 0.6) is 5.75 Å². The number of anilines is 1. The molecular weight excluding hydrogens is 174 g/mol. The highest BCUT2D eigenvalue weighted by molar-refractivity contribution is 5.41. The van der Waals surface area contributed by atoms with Crippen molar-refractivity contribution >= 4 is 5.69 Å². The molecule has 1 rings (SSSR count). The molecule has 0 bridgehead atoms. The van der Waals surface area contributed by atoms with Crippen LogP contribution in [0.1, 0.15) is 27.2 Å². The van der Waals surface area contributed by atoms with Crippen LogP contribution in [0.15, 0.2) is 24.3 Å². The molecule has 78 valence electrons. The van der Waals surface area contributed by atoms with Crippen molar-refractivity contribution < 1.29 is 4.74 Å². The van der Waals surface area contributed by atoms with Gasteiger partial charge in [-0.3, -0.25) is 0 Å². The van der Waals surface area contributed by atoms with E-state index in [9.17, 15) is 0 Å². The Bertz CT molecular complexity index is 266. The van der Waals surface area contributed by atoms with Gasteiger partial charge >= 0.3 is 0 Å². The molecule has 14 heavy (non-hydrogen) atoms. The largest absolute Gasteiger partial charge is 0.491 e. The molecule has 0 heterocycles. The second kappa shape index (κ2) is 4.89. The van der Waals surface area contributed by atoms with E-state index in [2.05, 4.69) is 20.8 Å². The molecule has 1 atom stereocenters. The summed E-state index contributed by atoms with van der Waals surface area (Å²) in [7, 11) is 0. The lowest BCUT2D eigenvalue weighted by molar-refractivity contribution is 0.193. The highest BCUT2D eigenvalue weighted by atomic mass is 16.5. The summed E-state index contributed by atoms with van der Waals surface area (Å²) in [6.45, 7) is 6.49. The SMILES string of the molecule is CC(C)CC(C)Oc1ccc(N)cc1. The van der Waals surface area contributed by atoms with E-state index >= 15 is 0 Å². The lowest BCUT2D eigenvalue weighted by atomic mass is 10.1. The maximum atomic E-state index is 5.72. The Balaban J connectivity index is 2.47. The summed E-state index contributed by atoms with van der Waals surface area (Å²) in [5.74, 6) is 1.56. The van der Waals surface area contributed by atoms with Crippen molar-refractivity contribution in [3.8, 4) is 5.75 Å². The van der Waals surface area contributed by atoms with Crippen LogP contribution >= 0.6 is 0 Å². The standard InChI is InChI=1S/C12H19NO/c1-9(2)8-10(3)14-12-6-4-11(13)5-7-12/h4-7,9-10H,8,13H2,1-3H3. The summed E-state index contributed by atoms with van der Waals surface area (Å²) >= 11 is 0. The molecule has 0 aliphatic carbocycles. The van der Waals surface area contributed by atoms with E-state index in [1.54, 1.807) is 0 Å². The first-order valence-electron chi connectivity index (χ1n) is 5.10. The van der Waals surface area contributed by atoms with E-state index < -0.39 is 0 Å². The van der Waals surface area contributed by atoms with Crippen molar-refractivity contribution in [1.82, 2.24) is 0 Å². The summed E-state index contributed by atoms with van der Waals surface area (Å²) in [6.07, 6.45) is 1.34. The summed E-state index contributed by atoms with van der Waals surface area (Å²) in [6, 6.07) is 7.53. The number of ether oxygens (including phenoxy) is 1. The number of benzene rings is 1. The minimum atomic E-state index is 0.263. The molecule has 0 aliphatic rings. The van der Waals surface area contributed by atoms with E-state index in [1.165, 1.54) is 0 Å². The number of hydrogen-bond acceptors (Lipinski definition) is 2. The molecule has 0 saturated heterocycles. The zero-order valence-electron chi connectivity index (χ0n) is 9.16. The van der Waals surface area contributed by atoms with E-state index in [4.69, 9.17) is 10.5 Å². The quantitative estimate of drug-likeness (QED) is 0.746. The molecule has 2 nitrogen and oxygen atoms in total. The van der Waals surface area contributed by atoms with Gasteiger partial charge in [0.15, 0.2) is 0 Å². The molecule has 2 N–H and O–H groups in total. The molecule has 0 radical (unpaired) electrons. The first kappa shape index (κ1) is 10.9. The zero-order valence-corrected chi connectivity index (χ0v) is 9.16. The van der Waals surface area contributed by atoms with Crippen LogP contribution in [-0.2, 0) is 0 Å². The average Bonchev–Trinajstić information content (AvgIpc) is 2.07. The van der Waals surface area contributed by atoms with Gasteiger partial charge in [-0.15, -0.1) is 0 Å². The van der Waals surface area contributed by atoms with Crippen molar-refractivity contribution in [3.05, 3.63) is 24.3 Å². The Hall–Kier alpha value is -1.18. The maximum Gasteiger partial charge on any atom is 0.119 e. The molecule has 1 aromatic carbocycles. The molecular formula is C12H19NO. The fourth-order valence-corrected chi connectivity index (χ4v) is 1.49. The Kier molecular flexibility index (Phi) is 3.81. The van der Waals surface area contributed by atoms with Crippen LogP contribution in [0.4, 0.5) is 5.69 Å². The minimum absolute atomic E-state index is 0.263. The normalized spacial score (nSPS) is 12.9. The van der Waals surface area contributed by atoms with Gasteiger partial charge in [0.25, 0.3) is 0 Å². The second-order valence-electron chi connectivity index (χ2n) is 4.13. The van der Waals surface area contributed by atoms with E-state index in [0.29, 0.717) is 5.92 Å². The number of hydrogen-bond donors (Lipinski definition) is 1. The van der Waals surface area contributed by atoms with Gasteiger partial charge in [0.05, 0.1) is 6.10 Å². The predicted octanol–water partition coefficient (Wildman–Crippen LogP) is 3.08. The lowest BCUT2D eigenvalue weighted by Gasteiger charge is -2.16. The Morgan fingerprint density at radius 3 is 2.21 bits per heavy atom. The van der Waals surface area contributed by atoms with Crippen LogP contribution < -0.4 is 10.5 Å². The highest BCUT2D eigenvalue weighted by Gasteiger charge is 2.06. The summed E-state index contributed by atoms with van der Waals surface area (Å²) in [5.41, 5.74) is 6.35. The first-order valence-corrected chi connectivity index (χ1v) is 5.10. The van der Waals surface area contributed by atoms with Crippen molar-refractivity contribution in [1.29, 1.82) is 0 Å². The molecule has 0 aromatic heterocycles. The van der Waals surface area contributed by atoms with Gasteiger partial charge in [0.1, 0.15) is 5.75 Å². The van der Waals surface area contributed by atoms with Gasteiger partial charge in [-0.1, -0.05) is 13.8 Å². The van der Waals surface area contributed by atoms with Crippen molar-refractivity contribution in [3.63, 3.8) is 0 Å². The average molecular weight is 193 g/mol. The molecule has 0 spiro atoms. The Morgan fingerprint density at radius 1 is 1.14 bits per heavy atom. The molecule has 1 unspecified atom stereocenters. The molecule has 0 amide bonds. The van der Waals surface area contributed by atoms with E-state index in [-0.39, 0.29) is 6.10 Å². The van der Waals surface area contributed by atoms with Gasteiger partial charge in [0, 0.05) is 5.69 Å². The van der Waals surface area contributed by atoms with E-state index in [0.717, 1.165) is 17.9 Å². The van der Waals surface area contributed by atoms with Crippen molar-refractivity contribution in [2.75, 3.05) is 5.73 Å². The Labute approximate surface area is 86.1 Å². The Morgan fingerprint density at radius 2 is 1.71 bits per heavy atom. The molecule has 0 fully saturated rings. The fraction of sp³-hybridized carbons (Fsp3) is 0.500. The molecule has 2 heteroatoms. The van der Waals surface area contributed by atoms with Crippen LogP contribution in [0.2, 0.25) is 0 Å². The number of rotatable bonds is 4. The van der Waals surface area contributed by atoms with Gasteiger partial charge < -0.3 is 10.5 Å². The third-order valence-corrected chi connectivity index (χ3v) is 2.02. The van der Waals surface area contributed by atoms with Crippen LogP contribution in [0.25, 0.3) is 0 Å². The second-order valence-corrected chi connectivity index (χ2v) is 4.13. The van der Waals surface area contributed by atoms with Crippen LogP contribution in [0, 0.1) is 5.92 Å². The molecule has 0 aliphatic heterocycles. The molecule has 1 aromatic rings. The van der Waals surface area contributed by atoms with Gasteiger partial charge in [-0.05, 0) is 43.5 Å².